The van der Waals surface area contributed by atoms with E-state index in [1.807, 2.05) is 0 Å². The number of aromatic nitrogens is 1. The van der Waals surface area contributed by atoms with E-state index in [1.165, 1.54) is 6.07 Å². The number of nitrogens with one attached hydrogen (secondary N) is 1. The first-order chi connectivity index (χ1) is 9.44. The van der Waals surface area contributed by atoms with Crippen LogP contribution in [0.5, 0.6) is 0 Å². The van der Waals surface area contributed by atoms with Crippen molar-refractivity contribution in [2.75, 3.05) is 4.72 Å². The SMILES string of the molecule is Cc1nc2cc(NS(=O)(=O)c3ccc(Cl)s3)ccc2o1. The Morgan fingerprint density at radius 2 is 2.10 bits per heavy atom. The van der Waals surface area contributed by atoms with Crippen LogP contribution in [0, 0.1) is 6.92 Å². The third-order valence-electron chi connectivity index (χ3n) is 2.56. The molecule has 0 amide bonds. The van der Waals surface area contributed by atoms with Crippen molar-refractivity contribution in [1.82, 2.24) is 4.98 Å². The molecule has 3 aromatic rings. The molecule has 0 fully saturated rings. The van der Waals surface area contributed by atoms with Crippen LogP contribution in [0.2, 0.25) is 4.34 Å². The molecule has 2 aromatic heterocycles. The summed E-state index contributed by atoms with van der Waals surface area (Å²) in [6, 6.07) is 7.94. The summed E-state index contributed by atoms with van der Waals surface area (Å²) >= 11 is 6.76. The number of rotatable bonds is 3. The minimum absolute atomic E-state index is 0.166. The van der Waals surface area contributed by atoms with Gasteiger partial charge in [-0.2, -0.15) is 0 Å². The smallest absolute Gasteiger partial charge is 0.271 e. The molecule has 0 spiro atoms. The number of halogens is 1. The topological polar surface area (TPSA) is 72.2 Å². The summed E-state index contributed by atoms with van der Waals surface area (Å²) in [5.41, 5.74) is 1.65. The van der Waals surface area contributed by atoms with Crippen molar-refractivity contribution < 1.29 is 12.8 Å². The van der Waals surface area contributed by atoms with Gasteiger partial charge in [-0.3, -0.25) is 4.72 Å². The highest BCUT2D eigenvalue weighted by molar-refractivity contribution is 7.94. The number of fused-ring (bicyclic) bond motifs is 1. The van der Waals surface area contributed by atoms with E-state index in [9.17, 15) is 8.42 Å². The van der Waals surface area contributed by atoms with Gasteiger partial charge in [0.1, 0.15) is 9.73 Å². The molecule has 0 atom stereocenters. The van der Waals surface area contributed by atoms with Crippen LogP contribution in [0.1, 0.15) is 5.89 Å². The van der Waals surface area contributed by atoms with Gasteiger partial charge >= 0.3 is 0 Å². The number of anilines is 1. The van der Waals surface area contributed by atoms with Crippen molar-refractivity contribution in [3.05, 3.63) is 40.6 Å². The van der Waals surface area contributed by atoms with Crippen molar-refractivity contribution in [2.45, 2.75) is 11.1 Å². The predicted molar refractivity (Wildman–Crippen MR) is 78.9 cm³/mol. The van der Waals surface area contributed by atoms with Crippen LogP contribution in [0.4, 0.5) is 5.69 Å². The van der Waals surface area contributed by atoms with Crippen molar-refractivity contribution in [1.29, 1.82) is 0 Å². The van der Waals surface area contributed by atoms with Crippen molar-refractivity contribution in [2.24, 2.45) is 0 Å². The van der Waals surface area contributed by atoms with Crippen molar-refractivity contribution >= 4 is 49.7 Å². The molecule has 1 N–H and O–H groups in total. The zero-order valence-electron chi connectivity index (χ0n) is 10.3. The van der Waals surface area contributed by atoms with Crippen LogP contribution in [0.3, 0.4) is 0 Å². The second-order valence-electron chi connectivity index (χ2n) is 4.08. The first kappa shape index (κ1) is 13.4. The van der Waals surface area contributed by atoms with E-state index in [0.717, 1.165) is 11.3 Å². The van der Waals surface area contributed by atoms with E-state index in [-0.39, 0.29) is 4.21 Å². The molecule has 1 aromatic carbocycles. The average Bonchev–Trinajstić information content (AvgIpc) is 2.93. The summed E-state index contributed by atoms with van der Waals surface area (Å²) in [7, 11) is -3.63. The highest BCUT2D eigenvalue weighted by atomic mass is 35.5. The second-order valence-corrected chi connectivity index (χ2v) is 7.70. The van der Waals surface area contributed by atoms with Crippen LogP contribution in [-0.2, 0) is 10.0 Å². The maximum atomic E-state index is 12.2. The van der Waals surface area contributed by atoms with E-state index in [1.54, 1.807) is 31.2 Å². The van der Waals surface area contributed by atoms with Gasteiger partial charge in [-0.15, -0.1) is 11.3 Å². The Kier molecular flexibility index (Phi) is 3.19. The lowest BCUT2D eigenvalue weighted by molar-refractivity contribution is 0.561. The summed E-state index contributed by atoms with van der Waals surface area (Å²) in [5.74, 6) is 0.532. The van der Waals surface area contributed by atoms with Crippen molar-refractivity contribution in [3.63, 3.8) is 0 Å². The number of sulfonamides is 1. The summed E-state index contributed by atoms with van der Waals surface area (Å²) in [6.07, 6.45) is 0. The molecule has 0 aliphatic rings. The normalized spacial score (nSPS) is 11.9. The summed E-state index contributed by atoms with van der Waals surface area (Å²) in [5, 5.41) is 0. The Hall–Kier alpha value is -1.57. The Labute approximate surface area is 124 Å². The van der Waals surface area contributed by atoms with E-state index in [4.69, 9.17) is 16.0 Å². The number of hydrogen-bond donors (Lipinski definition) is 1. The highest BCUT2D eigenvalue weighted by Crippen LogP contribution is 2.28. The van der Waals surface area contributed by atoms with E-state index in [2.05, 4.69) is 9.71 Å². The molecule has 2 heterocycles. The molecule has 3 rings (SSSR count). The molecule has 5 nitrogen and oxygen atoms in total. The molecular formula is C12H9ClN2O3S2. The average molecular weight is 329 g/mol. The van der Waals surface area contributed by atoms with Gasteiger partial charge in [-0.1, -0.05) is 11.6 Å². The zero-order chi connectivity index (χ0) is 14.3. The molecule has 20 heavy (non-hydrogen) atoms. The van der Waals surface area contributed by atoms with Crippen LogP contribution in [0.15, 0.2) is 39.0 Å². The molecule has 0 unspecified atom stereocenters. The lowest BCUT2D eigenvalue weighted by Crippen LogP contribution is -2.11. The van der Waals surface area contributed by atoms with Gasteiger partial charge in [0.05, 0.1) is 10.0 Å². The maximum absolute atomic E-state index is 12.2. The second kappa shape index (κ2) is 4.76. The molecular weight excluding hydrogens is 320 g/mol. The quantitative estimate of drug-likeness (QED) is 0.796. The molecule has 0 radical (unpaired) electrons. The summed E-state index contributed by atoms with van der Waals surface area (Å²) in [4.78, 5) is 4.16. The van der Waals surface area contributed by atoms with Gasteiger partial charge in [0.25, 0.3) is 10.0 Å². The third kappa shape index (κ3) is 2.52. The van der Waals surface area contributed by atoms with Crippen LogP contribution in [-0.4, -0.2) is 13.4 Å². The standard InChI is InChI=1S/C12H9ClN2O3S2/c1-7-14-9-6-8(2-3-10(9)18-7)15-20(16,17)12-5-4-11(13)19-12/h2-6,15H,1H3. The zero-order valence-corrected chi connectivity index (χ0v) is 12.6. The number of hydrogen-bond acceptors (Lipinski definition) is 5. The van der Waals surface area contributed by atoms with E-state index < -0.39 is 10.0 Å². The molecule has 0 saturated carbocycles. The lowest BCUT2D eigenvalue weighted by atomic mass is 10.3. The Bertz CT molecular complexity index is 883. The molecule has 104 valence electrons. The van der Waals surface area contributed by atoms with Gasteiger partial charge < -0.3 is 4.42 Å². The van der Waals surface area contributed by atoms with E-state index >= 15 is 0 Å². The number of oxazole rings is 1. The maximum Gasteiger partial charge on any atom is 0.271 e. The van der Waals surface area contributed by atoms with Gasteiger partial charge in [-0.25, -0.2) is 13.4 Å². The Morgan fingerprint density at radius 3 is 2.80 bits per heavy atom. The largest absolute Gasteiger partial charge is 0.441 e. The molecule has 8 heteroatoms. The van der Waals surface area contributed by atoms with E-state index in [0.29, 0.717) is 27.0 Å². The molecule has 0 aliphatic carbocycles. The molecule has 0 aliphatic heterocycles. The summed E-state index contributed by atoms with van der Waals surface area (Å²) in [6.45, 7) is 1.73. The van der Waals surface area contributed by atoms with Gasteiger partial charge in [-0.05, 0) is 30.3 Å². The van der Waals surface area contributed by atoms with Crippen LogP contribution < -0.4 is 4.72 Å². The third-order valence-corrected chi connectivity index (χ3v) is 5.66. The first-order valence-electron chi connectivity index (χ1n) is 5.59. The fourth-order valence-electron chi connectivity index (χ4n) is 1.75. The minimum atomic E-state index is -3.63. The molecule has 0 bridgehead atoms. The van der Waals surface area contributed by atoms with Crippen molar-refractivity contribution in [3.8, 4) is 0 Å². The lowest BCUT2D eigenvalue weighted by Gasteiger charge is -2.05. The number of thiophene rings is 1. The molecule has 0 saturated heterocycles. The van der Waals surface area contributed by atoms with Gasteiger partial charge in [0, 0.05) is 6.92 Å². The highest BCUT2D eigenvalue weighted by Gasteiger charge is 2.17. The predicted octanol–water partition coefficient (Wildman–Crippen LogP) is 3.65. The Balaban J connectivity index is 1.96. The van der Waals surface area contributed by atoms with Crippen LogP contribution in [0.25, 0.3) is 11.1 Å². The minimum Gasteiger partial charge on any atom is -0.441 e. The Morgan fingerprint density at radius 1 is 1.30 bits per heavy atom. The number of nitrogens with zero attached hydrogens (tertiary/aromatic N) is 1. The van der Waals surface area contributed by atoms with Gasteiger partial charge in [0.15, 0.2) is 11.5 Å². The van der Waals surface area contributed by atoms with Crippen LogP contribution >= 0.6 is 22.9 Å². The number of aryl methyl sites for hydroxylation is 1. The fraction of sp³-hybridized carbons (Fsp3) is 0.0833. The first-order valence-corrected chi connectivity index (χ1v) is 8.27. The number of benzene rings is 1. The summed E-state index contributed by atoms with van der Waals surface area (Å²) < 4.78 is 32.7. The van der Waals surface area contributed by atoms with Gasteiger partial charge in [0.2, 0.25) is 0 Å². The monoisotopic (exact) mass is 328 g/mol. The fourth-order valence-corrected chi connectivity index (χ4v) is 4.29.